The molecule has 0 aromatic heterocycles. The Morgan fingerprint density at radius 2 is 2.19 bits per heavy atom. The first-order valence-corrected chi connectivity index (χ1v) is 5.04. The van der Waals surface area contributed by atoms with Gasteiger partial charge in [-0.05, 0) is 19.0 Å². The molecule has 0 saturated heterocycles. The first-order valence-electron chi connectivity index (χ1n) is 5.04. The number of primary amides is 1. The summed E-state index contributed by atoms with van der Waals surface area (Å²) in [5.41, 5.74) is 5.08. The van der Waals surface area contributed by atoms with Gasteiger partial charge in [0, 0.05) is 5.56 Å². The maximum atomic E-state index is 13.4. The van der Waals surface area contributed by atoms with Crippen molar-refractivity contribution >= 4 is 5.91 Å². The van der Waals surface area contributed by atoms with Crippen LogP contribution in [0.15, 0.2) is 18.2 Å². The molecule has 1 atom stereocenters. The van der Waals surface area contributed by atoms with Crippen LogP contribution in [-0.4, -0.2) is 12.5 Å². The lowest BCUT2D eigenvalue weighted by molar-refractivity contribution is -0.120. The first-order chi connectivity index (χ1) is 7.57. The Morgan fingerprint density at radius 3 is 2.75 bits per heavy atom. The third kappa shape index (κ3) is 2.76. The molecule has 1 amide bonds. The van der Waals surface area contributed by atoms with Crippen LogP contribution in [0.5, 0.6) is 0 Å². The fraction of sp³-hybridized carbons (Fsp3) is 0.364. The van der Waals surface area contributed by atoms with Crippen LogP contribution in [-0.2, 0) is 4.79 Å². The van der Waals surface area contributed by atoms with Crippen LogP contribution in [0.25, 0.3) is 0 Å². The van der Waals surface area contributed by atoms with Crippen LogP contribution >= 0.6 is 0 Å². The maximum absolute atomic E-state index is 13.4. The number of carbonyl (C=O) groups is 1. The second kappa shape index (κ2) is 5.55. The lowest BCUT2D eigenvalue weighted by Crippen LogP contribution is -2.34. The Morgan fingerprint density at radius 1 is 1.50 bits per heavy atom. The molecule has 0 bridgehead atoms. The Hall–Kier alpha value is -1.49. The Balaban J connectivity index is 3.01. The van der Waals surface area contributed by atoms with E-state index in [1.165, 1.54) is 12.1 Å². The lowest BCUT2D eigenvalue weighted by Gasteiger charge is -2.16. The monoisotopic (exact) mass is 228 g/mol. The van der Waals surface area contributed by atoms with Gasteiger partial charge >= 0.3 is 0 Å². The highest BCUT2D eigenvalue weighted by atomic mass is 19.2. The molecule has 1 rings (SSSR count). The van der Waals surface area contributed by atoms with Crippen LogP contribution in [0.3, 0.4) is 0 Å². The summed E-state index contributed by atoms with van der Waals surface area (Å²) in [7, 11) is 0. The fourth-order valence-corrected chi connectivity index (χ4v) is 1.40. The number of rotatable bonds is 5. The van der Waals surface area contributed by atoms with Gasteiger partial charge in [0.05, 0.1) is 0 Å². The highest BCUT2D eigenvalue weighted by molar-refractivity contribution is 5.81. The second-order valence-corrected chi connectivity index (χ2v) is 3.43. The molecule has 0 aliphatic rings. The molecular formula is C11H14F2N2O. The van der Waals surface area contributed by atoms with Gasteiger partial charge < -0.3 is 11.1 Å². The molecule has 0 radical (unpaired) electrons. The molecule has 0 spiro atoms. The molecular weight excluding hydrogens is 214 g/mol. The van der Waals surface area contributed by atoms with Crippen molar-refractivity contribution in [2.45, 2.75) is 19.4 Å². The van der Waals surface area contributed by atoms with Crippen LogP contribution < -0.4 is 11.1 Å². The van der Waals surface area contributed by atoms with E-state index in [1.54, 1.807) is 0 Å². The van der Waals surface area contributed by atoms with Crippen molar-refractivity contribution < 1.29 is 13.6 Å². The third-order valence-electron chi connectivity index (χ3n) is 2.18. The van der Waals surface area contributed by atoms with Crippen molar-refractivity contribution in [1.29, 1.82) is 0 Å². The summed E-state index contributed by atoms with van der Waals surface area (Å²) in [6, 6.07) is 2.69. The van der Waals surface area contributed by atoms with Crippen LogP contribution in [0.1, 0.15) is 24.9 Å². The van der Waals surface area contributed by atoms with E-state index in [9.17, 15) is 13.6 Å². The number of amides is 1. The quantitative estimate of drug-likeness (QED) is 0.802. The van der Waals surface area contributed by atoms with Gasteiger partial charge in [-0.1, -0.05) is 19.1 Å². The van der Waals surface area contributed by atoms with Gasteiger partial charge in [-0.2, -0.15) is 0 Å². The van der Waals surface area contributed by atoms with Crippen molar-refractivity contribution in [1.82, 2.24) is 5.32 Å². The van der Waals surface area contributed by atoms with Crippen LogP contribution in [0.2, 0.25) is 0 Å². The van der Waals surface area contributed by atoms with Crippen LogP contribution in [0.4, 0.5) is 8.78 Å². The number of nitrogens with one attached hydrogen (secondary N) is 1. The number of hydrogen-bond acceptors (Lipinski definition) is 2. The predicted octanol–water partition coefficient (Wildman–Crippen LogP) is 1.49. The predicted molar refractivity (Wildman–Crippen MR) is 56.6 cm³/mol. The van der Waals surface area contributed by atoms with Gasteiger partial charge in [-0.3, -0.25) is 4.79 Å². The minimum absolute atomic E-state index is 0.0547. The molecule has 1 aromatic rings. The number of halogens is 2. The van der Waals surface area contributed by atoms with E-state index < -0.39 is 23.6 Å². The zero-order valence-corrected chi connectivity index (χ0v) is 8.97. The van der Waals surface area contributed by atoms with Gasteiger partial charge in [0.15, 0.2) is 11.6 Å². The largest absolute Gasteiger partial charge is 0.368 e. The normalized spacial score (nSPS) is 12.4. The summed E-state index contributed by atoms with van der Waals surface area (Å²) in [4.78, 5) is 11.1. The van der Waals surface area contributed by atoms with E-state index >= 15 is 0 Å². The second-order valence-electron chi connectivity index (χ2n) is 3.43. The summed E-state index contributed by atoms with van der Waals surface area (Å²) in [6.45, 7) is 2.40. The van der Waals surface area contributed by atoms with Gasteiger partial charge in [0.25, 0.3) is 0 Å². The molecule has 3 nitrogen and oxygen atoms in total. The van der Waals surface area contributed by atoms with Gasteiger partial charge in [-0.15, -0.1) is 0 Å². The van der Waals surface area contributed by atoms with Crippen molar-refractivity contribution in [3.8, 4) is 0 Å². The Bertz CT molecular complexity index is 382. The average Bonchev–Trinajstić information content (AvgIpc) is 2.24. The minimum atomic E-state index is -1.03. The highest BCUT2D eigenvalue weighted by Crippen LogP contribution is 2.19. The molecule has 16 heavy (non-hydrogen) atoms. The molecule has 0 saturated carbocycles. The Kier molecular flexibility index (Phi) is 4.37. The molecule has 0 heterocycles. The third-order valence-corrected chi connectivity index (χ3v) is 2.18. The smallest absolute Gasteiger partial charge is 0.239 e. The fourth-order valence-electron chi connectivity index (χ4n) is 1.40. The van der Waals surface area contributed by atoms with Gasteiger partial charge in [-0.25, -0.2) is 8.78 Å². The summed E-state index contributed by atoms with van der Waals surface area (Å²) in [5, 5.41) is 2.77. The maximum Gasteiger partial charge on any atom is 0.239 e. The number of hydrogen-bond donors (Lipinski definition) is 2. The average molecular weight is 228 g/mol. The van der Waals surface area contributed by atoms with E-state index in [0.717, 1.165) is 12.5 Å². The van der Waals surface area contributed by atoms with Crippen molar-refractivity contribution in [3.63, 3.8) is 0 Å². The zero-order valence-electron chi connectivity index (χ0n) is 8.97. The molecule has 0 aliphatic carbocycles. The van der Waals surface area contributed by atoms with Crippen molar-refractivity contribution in [2.24, 2.45) is 5.73 Å². The van der Waals surface area contributed by atoms with Gasteiger partial charge in [0.2, 0.25) is 5.91 Å². The SMILES string of the molecule is CCCNC(C(N)=O)c1cccc(F)c1F. The number of nitrogens with two attached hydrogens (primary N) is 1. The van der Waals surface area contributed by atoms with Crippen molar-refractivity contribution in [3.05, 3.63) is 35.4 Å². The van der Waals surface area contributed by atoms with E-state index in [2.05, 4.69) is 5.32 Å². The Labute approximate surface area is 92.6 Å². The molecule has 1 unspecified atom stereocenters. The molecule has 0 fully saturated rings. The number of benzene rings is 1. The van der Waals surface area contributed by atoms with E-state index in [0.29, 0.717) is 6.54 Å². The van der Waals surface area contributed by atoms with E-state index in [4.69, 9.17) is 5.73 Å². The van der Waals surface area contributed by atoms with Gasteiger partial charge in [0.1, 0.15) is 6.04 Å². The molecule has 1 aromatic carbocycles. The zero-order chi connectivity index (χ0) is 12.1. The summed E-state index contributed by atoms with van der Waals surface area (Å²) in [5.74, 6) is -2.74. The molecule has 3 N–H and O–H groups in total. The van der Waals surface area contributed by atoms with Crippen LogP contribution in [0, 0.1) is 11.6 Å². The van der Waals surface area contributed by atoms with E-state index in [1.807, 2.05) is 6.92 Å². The highest BCUT2D eigenvalue weighted by Gasteiger charge is 2.22. The minimum Gasteiger partial charge on any atom is -0.368 e. The molecule has 5 heteroatoms. The number of carbonyl (C=O) groups excluding carboxylic acids is 1. The standard InChI is InChI=1S/C11H14F2N2O/c1-2-6-15-10(11(14)16)7-4-3-5-8(12)9(7)13/h3-5,10,15H,2,6H2,1H3,(H2,14,16). The summed E-state index contributed by atoms with van der Waals surface area (Å²) in [6.07, 6.45) is 0.765. The van der Waals surface area contributed by atoms with E-state index in [-0.39, 0.29) is 5.56 Å². The molecule has 0 aliphatic heterocycles. The topological polar surface area (TPSA) is 55.1 Å². The summed E-state index contributed by atoms with van der Waals surface area (Å²) < 4.78 is 26.4. The first kappa shape index (κ1) is 12.6. The lowest BCUT2D eigenvalue weighted by atomic mass is 10.1. The summed E-state index contributed by atoms with van der Waals surface area (Å²) >= 11 is 0. The van der Waals surface area contributed by atoms with Crippen molar-refractivity contribution in [2.75, 3.05) is 6.54 Å². The molecule has 88 valence electrons.